The number of nitrogens with two attached hydrogens (primary N) is 1. The second kappa shape index (κ2) is 5.86. The van der Waals surface area contributed by atoms with Crippen molar-refractivity contribution >= 4 is 0 Å². The largest absolute Gasteiger partial charge is 0.330 e. The maximum atomic E-state index is 5.82. The molecule has 0 aliphatic heterocycles. The predicted octanol–water partition coefficient (Wildman–Crippen LogP) is 2.28. The lowest BCUT2D eigenvalue weighted by Crippen LogP contribution is -2.42. The van der Waals surface area contributed by atoms with Crippen LogP contribution >= 0.6 is 0 Å². The van der Waals surface area contributed by atoms with Gasteiger partial charge < -0.3 is 11.1 Å². The van der Waals surface area contributed by atoms with Crippen molar-refractivity contribution in [1.82, 2.24) is 5.32 Å². The number of hydrogen-bond acceptors (Lipinski definition) is 2. The molecule has 2 atom stereocenters. The van der Waals surface area contributed by atoms with E-state index in [1.54, 1.807) is 0 Å². The normalized spacial score (nSPS) is 32.6. The quantitative estimate of drug-likeness (QED) is 0.730. The molecule has 15 heavy (non-hydrogen) atoms. The maximum absolute atomic E-state index is 5.82. The Morgan fingerprint density at radius 3 is 2.47 bits per heavy atom. The van der Waals surface area contributed by atoms with Gasteiger partial charge in [0.2, 0.25) is 0 Å². The molecule has 2 saturated carbocycles. The second-order valence-corrected chi connectivity index (χ2v) is 5.43. The first-order chi connectivity index (χ1) is 7.40. The third kappa shape index (κ3) is 3.18. The van der Waals surface area contributed by atoms with Gasteiger partial charge in [-0.25, -0.2) is 0 Å². The summed E-state index contributed by atoms with van der Waals surface area (Å²) in [7, 11) is 0. The summed E-state index contributed by atoms with van der Waals surface area (Å²) in [6, 6.07) is 0.726. The Hall–Kier alpha value is -0.0800. The first-order valence-corrected chi connectivity index (χ1v) is 6.83. The topological polar surface area (TPSA) is 38.0 Å². The van der Waals surface area contributed by atoms with E-state index in [9.17, 15) is 0 Å². The molecule has 0 amide bonds. The van der Waals surface area contributed by atoms with Crippen LogP contribution in [0.4, 0.5) is 0 Å². The summed E-state index contributed by atoms with van der Waals surface area (Å²) in [4.78, 5) is 0. The van der Waals surface area contributed by atoms with Crippen LogP contribution in [0.15, 0.2) is 0 Å². The monoisotopic (exact) mass is 210 g/mol. The fourth-order valence-electron chi connectivity index (χ4n) is 3.01. The minimum atomic E-state index is 0.726. The molecular formula is C13H26N2. The summed E-state index contributed by atoms with van der Waals surface area (Å²) in [5.74, 6) is 1.79. The highest BCUT2D eigenvalue weighted by Gasteiger charge is 2.24. The van der Waals surface area contributed by atoms with E-state index in [-0.39, 0.29) is 0 Å². The Morgan fingerprint density at radius 2 is 1.80 bits per heavy atom. The zero-order chi connectivity index (χ0) is 10.5. The molecule has 0 spiro atoms. The van der Waals surface area contributed by atoms with Crippen LogP contribution in [-0.2, 0) is 0 Å². The van der Waals surface area contributed by atoms with Crippen LogP contribution in [0.2, 0.25) is 0 Å². The van der Waals surface area contributed by atoms with Crippen molar-refractivity contribution in [1.29, 1.82) is 0 Å². The highest BCUT2D eigenvalue weighted by Crippen LogP contribution is 2.29. The maximum Gasteiger partial charge on any atom is 0.0107 e. The van der Waals surface area contributed by atoms with Crippen LogP contribution in [-0.4, -0.2) is 19.1 Å². The van der Waals surface area contributed by atoms with E-state index in [4.69, 9.17) is 5.73 Å². The van der Waals surface area contributed by atoms with Crippen molar-refractivity contribution in [2.75, 3.05) is 13.1 Å². The van der Waals surface area contributed by atoms with Gasteiger partial charge in [0.1, 0.15) is 0 Å². The Bertz CT molecular complexity index is 177. The lowest BCUT2D eigenvalue weighted by atomic mass is 9.82. The van der Waals surface area contributed by atoms with Gasteiger partial charge in [-0.1, -0.05) is 32.1 Å². The Kier molecular flexibility index (Phi) is 4.45. The highest BCUT2D eigenvalue weighted by molar-refractivity contribution is 4.82. The smallest absolute Gasteiger partial charge is 0.0107 e. The molecule has 2 rings (SSSR count). The summed E-state index contributed by atoms with van der Waals surface area (Å²) < 4.78 is 0. The predicted molar refractivity (Wildman–Crippen MR) is 64.8 cm³/mol. The molecule has 0 aromatic heterocycles. The van der Waals surface area contributed by atoms with Gasteiger partial charge in [-0.2, -0.15) is 0 Å². The van der Waals surface area contributed by atoms with Gasteiger partial charge >= 0.3 is 0 Å². The molecule has 3 N–H and O–H groups in total. The molecule has 0 heterocycles. The van der Waals surface area contributed by atoms with Gasteiger partial charge in [0.15, 0.2) is 0 Å². The molecule has 2 nitrogen and oxygen atoms in total. The van der Waals surface area contributed by atoms with Gasteiger partial charge in [-0.05, 0) is 44.2 Å². The van der Waals surface area contributed by atoms with Crippen LogP contribution in [0.1, 0.15) is 51.4 Å². The SMILES string of the molecule is NCC1CCCCC1NCCC1CCC1. The third-order valence-corrected chi connectivity index (χ3v) is 4.40. The van der Waals surface area contributed by atoms with Crippen molar-refractivity contribution in [3.8, 4) is 0 Å². The Balaban J connectivity index is 1.62. The van der Waals surface area contributed by atoms with Crippen LogP contribution in [0.3, 0.4) is 0 Å². The lowest BCUT2D eigenvalue weighted by Gasteiger charge is -2.33. The molecule has 2 heteroatoms. The molecule has 0 radical (unpaired) electrons. The summed E-state index contributed by atoms with van der Waals surface area (Å²) >= 11 is 0. The molecule has 0 saturated heterocycles. The van der Waals surface area contributed by atoms with E-state index in [0.29, 0.717) is 0 Å². The van der Waals surface area contributed by atoms with Crippen LogP contribution in [0.5, 0.6) is 0 Å². The molecule has 2 fully saturated rings. The standard InChI is InChI=1S/C13H26N2/c14-10-12-6-1-2-7-13(12)15-9-8-11-4-3-5-11/h11-13,15H,1-10,14H2. The zero-order valence-electron chi connectivity index (χ0n) is 9.88. The molecule has 2 aliphatic rings. The fourth-order valence-corrected chi connectivity index (χ4v) is 3.01. The van der Waals surface area contributed by atoms with Crippen molar-refractivity contribution in [3.63, 3.8) is 0 Å². The van der Waals surface area contributed by atoms with E-state index in [1.165, 1.54) is 57.9 Å². The number of hydrogen-bond donors (Lipinski definition) is 2. The second-order valence-electron chi connectivity index (χ2n) is 5.43. The molecule has 0 aromatic rings. The van der Waals surface area contributed by atoms with Crippen molar-refractivity contribution in [2.45, 2.75) is 57.4 Å². The van der Waals surface area contributed by atoms with E-state index < -0.39 is 0 Å². The summed E-state index contributed by atoms with van der Waals surface area (Å²) in [5.41, 5.74) is 5.82. The molecule has 2 unspecified atom stereocenters. The Labute approximate surface area is 94.0 Å². The minimum absolute atomic E-state index is 0.726. The van der Waals surface area contributed by atoms with Crippen molar-refractivity contribution in [3.05, 3.63) is 0 Å². The van der Waals surface area contributed by atoms with Crippen molar-refractivity contribution in [2.24, 2.45) is 17.6 Å². The zero-order valence-corrected chi connectivity index (χ0v) is 9.88. The number of nitrogens with one attached hydrogen (secondary N) is 1. The highest BCUT2D eigenvalue weighted by atomic mass is 14.9. The summed E-state index contributed by atoms with van der Waals surface area (Å²) in [5, 5.41) is 3.74. The van der Waals surface area contributed by atoms with E-state index in [2.05, 4.69) is 5.32 Å². The average molecular weight is 210 g/mol. The number of rotatable bonds is 5. The molecule has 2 aliphatic carbocycles. The molecule has 0 aromatic carbocycles. The summed E-state index contributed by atoms with van der Waals surface area (Å²) in [6.07, 6.45) is 11.3. The minimum Gasteiger partial charge on any atom is -0.330 e. The van der Waals surface area contributed by atoms with Gasteiger partial charge in [0.05, 0.1) is 0 Å². The van der Waals surface area contributed by atoms with E-state index in [0.717, 1.165) is 24.4 Å². The van der Waals surface area contributed by atoms with Crippen LogP contribution in [0, 0.1) is 11.8 Å². The van der Waals surface area contributed by atoms with Crippen LogP contribution in [0.25, 0.3) is 0 Å². The van der Waals surface area contributed by atoms with Gasteiger partial charge in [-0.15, -0.1) is 0 Å². The first-order valence-electron chi connectivity index (χ1n) is 6.83. The van der Waals surface area contributed by atoms with E-state index >= 15 is 0 Å². The molecule has 0 bridgehead atoms. The molecular weight excluding hydrogens is 184 g/mol. The van der Waals surface area contributed by atoms with Crippen LogP contribution < -0.4 is 11.1 Å². The third-order valence-electron chi connectivity index (χ3n) is 4.40. The van der Waals surface area contributed by atoms with Gasteiger partial charge in [0.25, 0.3) is 0 Å². The summed E-state index contributed by atoms with van der Waals surface area (Å²) in [6.45, 7) is 2.10. The Morgan fingerprint density at radius 1 is 1.00 bits per heavy atom. The van der Waals surface area contributed by atoms with Gasteiger partial charge in [-0.3, -0.25) is 0 Å². The van der Waals surface area contributed by atoms with E-state index in [1.807, 2.05) is 0 Å². The van der Waals surface area contributed by atoms with Gasteiger partial charge in [0, 0.05) is 6.04 Å². The first kappa shape index (κ1) is 11.4. The van der Waals surface area contributed by atoms with Crippen molar-refractivity contribution < 1.29 is 0 Å². The molecule has 88 valence electrons. The fraction of sp³-hybridized carbons (Fsp3) is 1.00. The average Bonchev–Trinajstić information content (AvgIpc) is 2.22. The lowest BCUT2D eigenvalue weighted by molar-refractivity contribution is 0.244.